The maximum Gasteiger partial charge on any atom is 0.416 e. The minimum Gasteiger partial charge on any atom is -0.352 e. The molecule has 2 rings (SSSR count). The summed E-state index contributed by atoms with van der Waals surface area (Å²) in [4.78, 5) is 12.1. The maximum atomic E-state index is 12.6. The topological polar surface area (TPSA) is 55.1 Å². The molecule has 2 aromatic carbocycles. The van der Waals surface area contributed by atoms with Gasteiger partial charge >= 0.3 is 6.18 Å². The largest absolute Gasteiger partial charge is 0.416 e. The van der Waals surface area contributed by atoms with Gasteiger partial charge in [0, 0.05) is 6.04 Å². The first-order valence-corrected chi connectivity index (χ1v) is 8.01. The summed E-state index contributed by atoms with van der Waals surface area (Å²) in [5.41, 5.74) is 6.93. The molecule has 0 aliphatic heterocycles. The summed E-state index contributed by atoms with van der Waals surface area (Å²) in [6.07, 6.45) is -3.48. The van der Waals surface area contributed by atoms with Crippen molar-refractivity contribution in [3.63, 3.8) is 0 Å². The van der Waals surface area contributed by atoms with Gasteiger partial charge in [-0.3, -0.25) is 4.79 Å². The van der Waals surface area contributed by atoms with Crippen molar-refractivity contribution in [2.45, 2.75) is 38.0 Å². The van der Waals surface area contributed by atoms with E-state index in [-0.39, 0.29) is 24.4 Å². The molecule has 0 spiro atoms. The molecule has 1 unspecified atom stereocenters. The molecule has 0 aliphatic rings. The van der Waals surface area contributed by atoms with Crippen LogP contribution in [0.15, 0.2) is 54.6 Å². The molecule has 0 heterocycles. The predicted molar refractivity (Wildman–Crippen MR) is 98.1 cm³/mol. The van der Waals surface area contributed by atoms with Gasteiger partial charge in [-0.05, 0) is 43.0 Å². The summed E-state index contributed by atoms with van der Waals surface area (Å²) in [5, 5.41) is 2.81. The van der Waals surface area contributed by atoms with Crippen LogP contribution < -0.4 is 11.1 Å². The maximum absolute atomic E-state index is 12.6. The molecule has 0 aromatic heterocycles. The fourth-order valence-corrected chi connectivity index (χ4v) is 2.55. The van der Waals surface area contributed by atoms with Crippen molar-refractivity contribution in [1.29, 1.82) is 0 Å². The van der Waals surface area contributed by atoms with E-state index in [2.05, 4.69) is 5.32 Å². The molecule has 0 aliphatic carbocycles. The number of nitrogens with two attached hydrogens (primary N) is 1. The smallest absolute Gasteiger partial charge is 0.352 e. The first-order chi connectivity index (χ1) is 11.8. The monoisotopic (exact) mass is 386 g/mol. The predicted octanol–water partition coefficient (Wildman–Crippen LogP) is 3.74. The van der Waals surface area contributed by atoms with Crippen LogP contribution in [-0.2, 0) is 23.8 Å². The lowest BCUT2D eigenvalue weighted by atomic mass is 10.0. The summed E-state index contributed by atoms with van der Waals surface area (Å²) < 4.78 is 37.7. The Kier molecular flexibility index (Phi) is 8.11. The number of rotatable bonds is 6. The van der Waals surface area contributed by atoms with Crippen LogP contribution in [0.3, 0.4) is 0 Å². The van der Waals surface area contributed by atoms with E-state index in [0.717, 1.165) is 23.3 Å². The minimum absolute atomic E-state index is 0. The third-order valence-corrected chi connectivity index (χ3v) is 3.85. The highest BCUT2D eigenvalue weighted by Crippen LogP contribution is 2.29. The SMILES string of the molecule is CC(Cc1ccc(C(F)(F)F)cc1)NC(=O)[C@@H](N)Cc1ccccc1.Cl. The molecular weight excluding hydrogens is 365 g/mol. The normalized spacial score (nSPS) is 13.4. The number of nitrogens with one attached hydrogen (secondary N) is 1. The van der Waals surface area contributed by atoms with Crippen molar-refractivity contribution in [2.75, 3.05) is 0 Å². The number of benzene rings is 2. The highest BCUT2D eigenvalue weighted by molar-refractivity contribution is 5.85. The van der Waals surface area contributed by atoms with Crippen LogP contribution in [-0.4, -0.2) is 18.0 Å². The molecule has 0 saturated carbocycles. The van der Waals surface area contributed by atoms with Crippen molar-refractivity contribution in [2.24, 2.45) is 5.73 Å². The van der Waals surface area contributed by atoms with Gasteiger partial charge in [-0.25, -0.2) is 0 Å². The number of hydrogen-bond acceptors (Lipinski definition) is 2. The third-order valence-electron chi connectivity index (χ3n) is 3.85. The molecule has 0 bridgehead atoms. The summed E-state index contributed by atoms with van der Waals surface area (Å²) in [6, 6.07) is 13.5. The molecule has 2 atom stereocenters. The van der Waals surface area contributed by atoms with E-state index in [9.17, 15) is 18.0 Å². The van der Waals surface area contributed by atoms with Gasteiger partial charge in [-0.15, -0.1) is 12.4 Å². The Morgan fingerprint density at radius 1 is 1.00 bits per heavy atom. The van der Waals surface area contributed by atoms with E-state index >= 15 is 0 Å². The van der Waals surface area contributed by atoms with Crippen molar-refractivity contribution in [1.82, 2.24) is 5.32 Å². The molecular formula is C19H22ClF3N2O. The van der Waals surface area contributed by atoms with Crippen molar-refractivity contribution >= 4 is 18.3 Å². The molecule has 3 N–H and O–H groups in total. The van der Waals surface area contributed by atoms with Crippen LogP contribution in [0.5, 0.6) is 0 Å². The van der Waals surface area contributed by atoms with Crippen LogP contribution in [0, 0.1) is 0 Å². The number of halogens is 4. The van der Waals surface area contributed by atoms with Gasteiger partial charge in [-0.1, -0.05) is 42.5 Å². The van der Waals surface area contributed by atoms with E-state index in [1.807, 2.05) is 30.3 Å². The van der Waals surface area contributed by atoms with Crippen LogP contribution in [0.25, 0.3) is 0 Å². The first-order valence-electron chi connectivity index (χ1n) is 8.01. The van der Waals surface area contributed by atoms with Crippen LogP contribution >= 0.6 is 12.4 Å². The average molecular weight is 387 g/mol. The quantitative estimate of drug-likeness (QED) is 0.794. The molecule has 7 heteroatoms. The molecule has 142 valence electrons. The Balaban J connectivity index is 0.00000338. The number of alkyl halides is 3. The lowest BCUT2D eigenvalue weighted by molar-refractivity contribution is -0.137. The fraction of sp³-hybridized carbons (Fsp3) is 0.316. The number of hydrogen-bond donors (Lipinski definition) is 2. The zero-order valence-electron chi connectivity index (χ0n) is 14.3. The Hall–Kier alpha value is -2.05. The first kappa shape index (κ1) is 22.0. The summed E-state index contributed by atoms with van der Waals surface area (Å²) >= 11 is 0. The Morgan fingerprint density at radius 2 is 1.54 bits per heavy atom. The number of carbonyl (C=O) groups is 1. The van der Waals surface area contributed by atoms with Gasteiger partial charge in [0.1, 0.15) is 0 Å². The fourth-order valence-electron chi connectivity index (χ4n) is 2.55. The van der Waals surface area contributed by atoms with Gasteiger partial charge in [-0.2, -0.15) is 13.2 Å². The molecule has 3 nitrogen and oxygen atoms in total. The average Bonchev–Trinajstić information content (AvgIpc) is 2.55. The highest BCUT2D eigenvalue weighted by Gasteiger charge is 2.30. The van der Waals surface area contributed by atoms with E-state index in [1.54, 1.807) is 6.92 Å². The lowest BCUT2D eigenvalue weighted by Gasteiger charge is -2.18. The van der Waals surface area contributed by atoms with Gasteiger partial charge in [0.05, 0.1) is 11.6 Å². The van der Waals surface area contributed by atoms with E-state index in [1.165, 1.54) is 12.1 Å². The zero-order chi connectivity index (χ0) is 18.4. The number of carbonyl (C=O) groups excluding carboxylic acids is 1. The molecule has 26 heavy (non-hydrogen) atoms. The summed E-state index contributed by atoms with van der Waals surface area (Å²) in [6.45, 7) is 1.80. The minimum atomic E-state index is -4.34. The second-order valence-electron chi connectivity index (χ2n) is 6.10. The third kappa shape index (κ3) is 6.69. The number of amides is 1. The van der Waals surface area contributed by atoms with Gasteiger partial charge < -0.3 is 11.1 Å². The van der Waals surface area contributed by atoms with Crippen molar-refractivity contribution in [3.05, 3.63) is 71.3 Å². The van der Waals surface area contributed by atoms with Crippen LogP contribution in [0.2, 0.25) is 0 Å². The van der Waals surface area contributed by atoms with Crippen molar-refractivity contribution < 1.29 is 18.0 Å². The zero-order valence-corrected chi connectivity index (χ0v) is 15.1. The van der Waals surface area contributed by atoms with E-state index in [4.69, 9.17) is 5.73 Å². The van der Waals surface area contributed by atoms with E-state index < -0.39 is 17.8 Å². The van der Waals surface area contributed by atoms with Gasteiger partial charge in [0.25, 0.3) is 0 Å². The van der Waals surface area contributed by atoms with E-state index in [0.29, 0.717) is 12.8 Å². The second kappa shape index (κ2) is 9.59. The van der Waals surface area contributed by atoms with Crippen LogP contribution in [0.1, 0.15) is 23.6 Å². The molecule has 2 aromatic rings. The Morgan fingerprint density at radius 3 is 2.08 bits per heavy atom. The van der Waals surface area contributed by atoms with Crippen LogP contribution in [0.4, 0.5) is 13.2 Å². The lowest BCUT2D eigenvalue weighted by Crippen LogP contribution is -2.46. The standard InChI is InChI=1S/C19H21F3N2O.ClH/c1-13(11-15-7-9-16(10-8-15)19(20,21)22)24-18(25)17(23)12-14-5-3-2-4-6-14;/h2-10,13,17H,11-12,23H2,1H3,(H,24,25);1H/t13?,17-;/m0./s1. The Bertz CT molecular complexity index is 690. The molecule has 0 saturated heterocycles. The second-order valence-corrected chi connectivity index (χ2v) is 6.10. The molecule has 1 amide bonds. The molecule has 0 radical (unpaired) electrons. The molecule has 0 fully saturated rings. The highest BCUT2D eigenvalue weighted by atomic mass is 35.5. The summed E-state index contributed by atoms with van der Waals surface area (Å²) in [5.74, 6) is -0.275. The van der Waals surface area contributed by atoms with Crippen molar-refractivity contribution in [3.8, 4) is 0 Å². The Labute approximate surface area is 157 Å². The van der Waals surface area contributed by atoms with Gasteiger partial charge in [0.2, 0.25) is 5.91 Å². The summed E-state index contributed by atoms with van der Waals surface area (Å²) in [7, 11) is 0. The van der Waals surface area contributed by atoms with Gasteiger partial charge in [0.15, 0.2) is 0 Å².